The van der Waals surface area contributed by atoms with E-state index in [0.717, 1.165) is 25.9 Å². The van der Waals surface area contributed by atoms with Crippen LogP contribution in [0.5, 0.6) is 0 Å². The van der Waals surface area contributed by atoms with Crippen molar-refractivity contribution in [1.82, 2.24) is 5.32 Å². The van der Waals surface area contributed by atoms with Crippen LogP contribution in [0.1, 0.15) is 24.5 Å². The molecule has 4 nitrogen and oxygen atoms in total. The number of carbonyl (C=O) groups is 1. The fourth-order valence-corrected chi connectivity index (χ4v) is 1.91. The first-order valence-electron chi connectivity index (χ1n) is 5.91. The molecule has 17 heavy (non-hydrogen) atoms. The first-order chi connectivity index (χ1) is 8.27. The Morgan fingerprint density at radius 2 is 1.94 bits per heavy atom. The van der Waals surface area contributed by atoms with Gasteiger partial charge in [0.1, 0.15) is 6.10 Å². The highest BCUT2D eigenvalue weighted by Crippen LogP contribution is 2.17. The zero-order valence-corrected chi connectivity index (χ0v) is 9.63. The van der Waals surface area contributed by atoms with Crippen molar-refractivity contribution in [2.75, 3.05) is 13.1 Å². The van der Waals surface area contributed by atoms with Crippen LogP contribution in [-0.2, 0) is 9.53 Å². The molecule has 0 aliphatic carbocycles. The van der Waals surface area contributed by atoms with Crippen LogP contribution >= 0.6 is 0 Å². The lowest BCUT2D eigenvalue weighted by Gasteiger charge is -2.23. The predicted octanol–water partition coefficient (Wildman–Crippen LogP) is 1.02. The number of piperidine rings is 1. The second-order valence-electron chi connectivity index (χ2n) is 4.20. The second-order valence-corrected chi connectivity index (χ2v) is 4.20. The van der Waals surface area contributed by atoms with E-state index in [1.54, 1.807) is 24.3 Å². The molecule has 0 radical (unpaired) electrons. The van der Waals surface area contributed by atoms with Gasteiger partial charge in [-0.05, 0) is 31.5 Å². The van der Waals surface area contributed by atoms with Gasteiger partial charge < -0.3 is 15.2 Å². The Morgan fingerprint density at radius 3 is 2.59 bits per heavy atom. The molecule has 1 aliphatic rings. The topological polar surface area (TPSA) is 58.6 Å². The fraction of sp³-hybridized carbons (Fsp3) is 0.462. The first kappa shape index (κ1) is 12.1. The van der Waals surface area contributed by atoms with Crippen LogP contribution in [0.15, 0.2) is 30.3 Å². The van der Waals surface area contributed by atoms with Gasteiger partial charge in [-0.1, -0.05) is 30.3 Å². The summed E-state index contributed by atoms with van der Waals surface area (Å²) in [6, 6.07) is 8.85. The average Bonchev–Trinajstić information content (AvgIpc) is 2.40. The molecule has 1 aromatic carbocycles. The Kier molecular flexibility index (Phi) is 4.12. The number of aliphatic hydroxyl groups is 1. The maximum Gasteiger partial charge on any atom is 0.339 e. The summed E-state index contributed by atoms with van der Waals surface area (Å²) in [5.41, 5.74) is 0.575. The van der Waals surface area contributed by atoms with Gasteiger partial charge in [0.05, 0.1) is 0 Å². The third kappa shape index (κ3) is 3.28. The predicted molar refractivity (Wildman–Crippen MR) is 63.4 cm³/mol. The highest BCUT2D eigenvalue weighted by Gasteiger charge is 2.23. The minimum Gasteiger partial charge on any atom is -0.460 e. The minimum absolute atomic E-state index is 0.0675. The lowest BCUT2D eigenvalue weighted by atomic mass is 10.1. The minimum atomic E-state index is -1.17. The number of benzene rings is 1. The summed E-state index contributed by atoms with van der Waals surface area (Å²) in [5.74, 6) is -0.553. The molecule has 0 aromatic heterocycles. The summed E-state index contributed by atoms with van der Waals surface area (Å²) in [6.45, 7) is 1.72. The number of hydrogen-bond donors (Lipinski definition) is 2. The number of ether oxygens (including phenoxy) is 1. The first-order valence-corrected chi connectivity index (χ1v) is 5.91. The van der Waals surface area contributed by atoms with Gasteiger partial charge in [0.25, 0.3) is 0 Å². The molecule has 0 amide bonds. The molecule has 0 spiro atoms. The molecule has 1 aliphatic heterocycles. The number of esters is 1. The monoisotopic (exact) mass is 235 g/mol. The number of nitrogens with one attached hydrogen (secondary N) is 1. The summed E-state index contributed by atoms with van der Waals surface area (Å²) in [7, 11) is 0. The smallest absolute Gasteiger partial charge is 0.339 e. The molecule has 2 N–H and O–H groups in total. The van der Waals surface area contributed by atoms with Crippen LogP contribution in [0, 0.1) is 0 Å². The molecule has 0 unspecified atom stereocenters. The molecule has 0 bridgehead atoms. The van der Waals surface area contributed by atoms with E-state index in [2.05, 4.69) is 5.32 Å². The second kappa shape index (κ2) is 5.80. The van der Waals surface area contributed by atoms with Crippen molar-refractivity contribution in [2.45, 2.75) is 25.0 Å². The fourth-order valence-electron chi connectivity index (χ4n) is 1.91. The zero-order chi connectivity index (χ0) is 12.1. The molecule has 1 atom stereocenters. The van der Waals surface area contributed by atoms with Crippen molar-refractivity contribution in [3.63, 3.8) is 0 Å². The molecule has 4 heteroatoms. The Bertz CT molecular complexity index is 360. The van der Waals surface area contributed by atoms with Crippen molar-refractivity contribution in [2.24, 2.45) is 0 Å². The number of hydrogen-bond acceptors (Lipinski definition) is 4. The van der Waals surface area contributed by atoms with Gasteiger partial charge in [-0.3, -0.25) is 0 Å². The standard InChI is InChI=1S/C13H17NO3/c15-12(10-4-2-1-3-5-10)13(16)17-11-6-8-14-9-7-11/h1-5,11-12,14-15H,6-9H2/t12-/m1/s1. The largest absolute Gasteiger partial charge is 0.460 e. The molecule has 0 saturated carbocycles. The van der Waals surface area contributed by atoms with Crippen molar-refractivity contribution in [3.8, 4) is 0 Å². The number of rotatable bonds is 3. The van der Waals surface area contributed by atoms with Gasteiger partial charge in [-0.2, -0.15) is 0 Å². The van der Waals surface area contributed by atoms with E-state index in [-0.39, 0.29) is 6.10 Å². The summed E-state index contributed by atoms with van der Waals surface area (Å²) >= 11 is 0. The maximum absolute atomic E-state index is 11.7. The van der Waals surface area contributed by atoms with Crippen molar-refractivity contribution in [1.29, 1.82) is 0 Å². The SMILES string of the molecule is O=C(OC1CCNCC1)[C@H](O)c1ccccc1. The van der Waals surface area contributed by atoms with E-state index < -0.39 is 12.1 Å². The molecule has 92 valence electrons. The van der Waals surface area contributed by atoms with Crippen LogP contribution in [0.25, 0.3) is 0 Å². The lowest BCUT2D eigenvalue weighted by Crippen LogP contribution is -2.34. The molecule has 2 rings (SSSR count). The average molecular weight is 235 g/mol. The number of carbonyl (C=O) groups excluding carboxylic acids is 1. The van der Waals surface area contributed by atoms with Crippen LogP contribution < -0.4 is 5.32 Å². The van der Waals surface area contributed by atoms with Gasteiger partial charge >= 0.3 is 5.97 Å². The van der Waals surface area contributed by atoms with Crippen LogP contribution in [-0.4, -0.2) is 30.3 Å². The third-order valence-electron chi connectivity index (χ3n) is 2.91. The van der Waals surface area contributed by atoms with E-state index in [4.69, 9.17) is 4.74 Å². The van der Waals surface area contributed by atoms with Crippen LogP contribution in [0.2, 0.25) is 0 Å². The van der Waals surface area contributed by atoms with E-state index in [0.29, 0.717) is 5.56 Å². The third-order valence-corrected chi connectivity index (χ3v) is 2.91. The number of aliphatic hydroxyl groups excluding tert-OH is 1. The van der Waals surface area contributed by atoms with E-state index in [9.17, 15) is 9.90 Å². The highest BCUT2D eigenvalue weighted by molar-refractivity contribution is 5.76. The molecule has 1 aromatic rings. The molecule has 1 heterocycles. The summed E-state index contributed by atoms with van der Waals surface area (Å²) in [4.78, 5) is 11.7. The van der Waals surface area contributed by atoms with E-state index >= 15 is 0 Å². The van der Waals surface area contributed by atoms with E-state index in [1.165, 1.54) is 0 Å². The molecular weight excluding hydrogens is 218 g/mol. The molecule has 1 fully saturated rings. The molecule has 1 saturated heterocycles. The van der Waals surface area contributed by atoms with Gasteiger partial charge in [-0.15, -0.1) is 0 Å². The summed E-state index contributed by atoms with van der Waals surface area (Å²) in [5, 5.41) is 13.0. The Morgan fingerprint density at radius 1 is 1.29 bits per heavy atom. The highest BCUT2D eigenvalue weighted by atomic mass is 16.6. The van der Waals surface area contributed by atoms with Gasteiger partial charge in [-0.25, -0.2) is 4.79 Å². The lowest BCUT2D eigenvalue weighted by molar-refractivity contribution is -0.160. The summed E-state index contributed by atoms with van der Waals surface area (Å²) < 4.78 is 5.28. The summed E-state index contributed by atoms with van der Waals surface area (Å²) in [6.07, 6.45) is 0.383. The Labute approximate surface area is 101 Å². The van der Waals surface area contributed by atoms with Crippen molar-refractivity contribution >= 4 is 5.97 Å². The Hall–Kier alpha value is -1.39. The van der Waals surface area contributed by atoms with Crippen LogP contribution in [0.3, 0.4) is 0 Å². The van der Waals surface area contributed by atoms with Gasteiger partial charge in [0.15, 0.2) is 6.10 Å². The van der Waals surface area contributed by atoms with Gasteiger partial charge in [0, 0.05) is 0 Å². The Balaban J connectivity index is 1.91. The van der Waals surface area contributed by atoms with E-state index in [1.807, 2.05) is 6.07 Å². The van der Waals surface area contributed by atoms with Crippen LogP contribution in [0.4, 0.5) is 0 Å². The molecular formula is C13H17NO3. The zero-order valence-electron chi connectivity index (χ0n) is 9.63. The normalized spacial score (nSPS) is 18.6. The van der Waals surface area contributed by atoms with Gasteiger partial charge in [0.2, 0.25) is 0 Å². The quantitative estimate of drug-likeness (QED) is 0.768. The maximum atomic E-state index is 11.7. The van der Waals surface area contributed by atoms with Crippen molar-refractivity contribution < 1.29 is 14.6 Å². The van der Waals surface area contributed by atoms with Crippen molar-refractivity contribution in [3.05, 3.63) is 35.9 Å².